The highest BCUT2D eigenvalue weighted by molar-refractivity contribution is 5.67. The Kier molecular flexibility index (Phi) is 3.92. The van der Waals surface area contributed by atoms with E-state index >= 15 is 0 Å². The molecule has 0 bridgehead atoms. The van der Waals surface area contributed by atoms with Gasteiger partial charge in [-0.05, 0) is 31.0 Å². The molecule has 21 heavy (non-hydrogen) atoms. The largest absolute Gasteiger partial charge is 0.481 e. The highest BCUT2D eigenvalue weighted by Crippen LogP contribution is 2.21. The highest BCUT2D eigenvalue weighted by Gasteiger charge is 2.25. The summed E-state index contributed by atoms with van der Waals surface area (Å²) < 4.78 is 5.24. The third-order valence-electron chi connectivity index (χ3n) is 3.55. The van der Waals surface area contributed by atoms with Crippen LogP contribution in [0.25, 0.3) is 11.5 Å². The van der Waals surface area contributed by atoms with Crippen molar-refractivity contribution in [1.29, 1.82) is 0 Å². The van der Waals surface area contributed by atoms with Gasteiger partial charge in [-0.1, -0.05) is 11.2 Å². The Morgan fingerprint density at radius 1 is 1.48 bits per heavy atom. The van der Waals surface area contributed by atoms with E-state index in [1.165, 1.54) is 0 Å². The first-order chi connectivity index (χ1) is 10.2. The molecule has 110 valence electrons. The van der Waals surface area contributed by atoms with Gasteiger partial charge in [0.2, 0.25) is 11.7 Å². The molecule has 0 saturated carbocycles. The second-order valence-electron chi connectivity index (χ2n) is 5.21. The number of carboxylic acids is 1. The SMILES string of the molecule is O=C(O)CC1CCN(Cc2nc(-c3ccccn3)no2)C1. The normalized spacial score (nSPS) is 19.0. The van der Waals surface area contributed by atoms with Gasteiger partial charge in [-0.25, -0.2) is 0 Å². The van der Waals surface area contributed by atoms with Crippen LogP contribution in [-0.2, 0) is 11.3 Å². The first kappa shape index (κ1) is 13.7. The molecule has 0 aromatic carbocycles. The Labute approximate surface area is 121 Å². The molecule has 1 atom stereocenters. The number of likely N-dealkylation sites (tertiary alicyclic amines) is 1. The van der Waals surface area contributed by atoms with Gasteiger partial charge >= 0.3 is 5.97 Å². The Balaban J connectivity index is 1.60. The first-order valence-corrected chi connectivity index (χ1v) is 6.89. The molecule has 1 fully saturated rings. The molecule has 3 heterocycles. The molecule has 2 aromatic rings. The van der Waals surface area contributed by atoms with Crippen molar-refractivity contribution in [3.05, 3.63) is 30.3 Å². The van der Waals surface area contributed by atoms with Gasteiger partial charge in [0.05, 0.1) is 6.54 Å². The fraction of sp³-hybridized carbons (Fsp3) is 0.429. The molecule has 1 saturated heterocycles. The standard InChI is InChI=1S/C14H16N4O3/c19-13(20)7-10-4-6-18(8-10)9-12-16-14(17-21-12)11-3-1-2-5-15-11/h1-3,5,10H,4,6-9H2,(H,19,20). The van der Waals surface area contributed by atoms with Gasteiger partial charge < -0.3 is 9.63 Å². The predicted octanol–water partition coefficient (Wildman–Crippen LogP) is 1.43. The minimum atomic E-state index is -0.739. The van der Waals surface area contributed by atoms with Crippen LogP contribution >= 0.6 is 0 Å². The average Bonchev–Trinajstić information content (AvgIpc) is 3.09. The molecule has 0 aliphatic carbocycles. The molecule has 3 rings (SSSR count). The fourth-order valence-corrected chi connectivity index (χ4v) is 2.58. The summed E-state index contributed by atoms with van der Waals surface area (Å²) in [4.78, 5) is 21.4. The van der Waals surface area contributed by atoms with Gasteiger partial charge in [-0.15, -0.1) is 0 Å². The number of aliphatic carboxylic acids is 1. The number of carboxylic acid groups (broad SMARTS) is 1. The van der Waals surface area contributed by atoms with E-state index in [1.807, 2.05) is 18.2 Å². The lowest BCUT2D eigenvalue weighted by Crippen LogP contribution is -2.21. The minimum Gasteiger partial charge on any atom is -0.481 e. The highest BCUT2D eigenvalue weighted by atomic mass is 16.5. The summed E-state index contributed by atoms with van der Waals surface area (Å²) in [5.41, 5.74) is 0.678. The summed E-state index contributed by atoms with van der Waals surface area (Å²) in [7, 11) is 0. The van der Waals surface area contributed by atoms with Crippen molar-refractivity contribution in [2.75, 3.05) is 13.1 Å². The molecule has 1 N–H and O–H groups in total. The molecule has 1 aliphatic rings. The molecular weight excluding hydrogens is 272 g/mol. The Morgan fingerprint density at radius 2 is 2.38 bits per heavy atom. The fourth-order valence-electron chi connectivity index (χ4n) is 2.58. The lowest BCUT2D eigenvalue weighted by atomic mass is 10.1. The topological polar surface area (TPSA) is 92.3 Å². The summed E-state index contributed by atoms with van der Waals surface area (Å²) in [5.74, 6) is 0.483. The van der Waals surface area contributed by atoms with Gasteiger partial charge in [-0.3, -0.25) is 14.7 Å². The van der Waals surface area contributed by atoms with Crippen LogP contribution in [0.5, 0.6) is 0 Å². The monoisotopic (exact) mass is 288 g/mol. The van der Waals surface area contributed by atoms with E-state index in [-0.39, 0.29) is 12.3 Å². The van der Waals surface area contributed by atoms with E-state index in [0.717, 1.165) is 19.5 Å². The summed E-state index contributed by atoms with van der Waals surface area (Å²) in [6.45, 7) is 2.17. The van der Waals surface area contributed by atoms with Crippen LogP contribution in [0.3, 0.4) is 0 Å². The average molecular weight is 288 g/mol. The van der Waals surface area contributed by atoms with Crippen LogP contribution in [0.15, 0.2) is 28.9 Å². The van der Waals surface area contributed by atoms with E-state index in [2.05, 4.69) is 20.0 Å². The quantitative estimate of drug-likeness (QED) is 0.889. The molecule has 1 unspecified atom stereocenters. The van der Waals surface area contributed by atoms with Gasteiger partial charge in [0.1, 0.15) is 5.69 Å². The van der Waals surface area contributed by atoms with E-state index in [4.69, 9.17) is 9.63 Å². The van der Waals surface area contributed by atoms with Crippen molar-refractivity contribution in [3.63, 3.8) is 0 Å². The minimum absolute atomic E-state index is 0.209. The van der Waals surface area contributed by atoms with Crippen molar-refractivity contribution in [2.24, 2.45) is 5.92 Å². The molecule has 0 radical (unpaired) electrons. The van der Waals surface area contributed by atoms with Gasteiger partial charge in [0, 0.05) is 19.2 Å². The summed E-state index contributed by atoms with van der Waals surface area (Å²) in [5, 5.41) is 12.7. The van der Waals surface area contributed by atoms with Crippen molar-refractivity contribution >= 4 is 5.97 Å². The molecule has 0 amide bonds. The van der Waals surface area contributed by atoms with E-state index in [9.17, 15) is 4.79 Å². The van der Waals surface area contributed by atoms with Crippen LogP contribution in [0.1, 0.15) is 18.7 Å². The van der Waals surface area contributed by atoms with Gasteiger partial charge in [0.15, 0.2) is 0 Å². The van der Waals surface area contributed by atoms with Crippen molar-refractivity contribution in [1.82, 2.24) is 20.0 Å². The number of pyridine rings is 1. The molecule has 1 aliphatic heterocycles. The maximum atomic E-state index is 10.7. The summed E-state index contributed by atoms with van der Waals surface area (Å²) in [6, 6.07) is 5.53. The first-order valence-electron chi connectivity index (χ1n) is 6.89. The zero-order chi connectivity index (χ0) is 14.7. The maximum absolute atomic E-state index is 10.7. The van der Waals surface area contributed by atoms with Crippen molar-refractivity contribution in [2.45, 2.75) is 19.4 Å². The Hall–Kier alpha value is -2.28. The van der Waals surface area contributed by atoms with Crippen molar-refractivity contribution < 1.29 is 14.4 Å². The second-order valence-corrected chi connectivity index (χ2v) is 5.21. The zero-order valence-electron chi connectivity index (χ0n) is 11.5. The van der Waals surface area contributed by atoms with Crippen LogP contribution in [0, 0.1) is 5.92 Å². The number of aromatic nitrogens is 3. The van der Waals surface area contributed by atoms with E-state index in [0.29, 0.717) is 24.0 Å². The zero-order valence-corrected chi connectivity index (χ0v) is 11.5. The molecular formula is C14H16N4O3. The van der Waals surface area contributed by atoms with Crippen LogP contribution in [0.4, 0.5) is 0 Å². The van der Waals surface area contributed by atoms with E-state index < -0.39 is 5.97 Å². The number of nitrogens with zero attached hydrogens (tertiary/aromatic N) is 4. The lowest BCUT2D eigenvalue weighted by Gasteiger charge is -2.12. The smallest absolute Gasteiger partial charge is 0.303 e. The van der Waals surface area contributed by atoms with Crippen LogP contribution in [0.2, 0.25) is 0 Å². The summed E-state index contributed by atoms with van der Waals surface area (Å²) in [6.07, 6.45) is 2.80. The Bertz CT molecular complexity index is 614. The maximum Gasteiger partial charge on any atom is 0.303 e. The molecule has 7 nitrogen and oxygen atoms in total. The third-order valence-corrected chi connectivity index (χ3v) is 3.55. The second kappa shape index (κ2) is 6.01. The third kappa shape index (κ3) is 3.43. The number of rotatable bonds is 5. The lowest BCUT2D eigenvalue weighted by molar-refractivity contribution is -0.138. The number of hydrogen-bond acceptors (Lipinski definition) is 6. The summed E-state index contributed by atoms with van der Waals surface area (Å²) >= 11 is 0. The molecule has 0 spiro atoms. The molecule has 2 aromatic heterocycles. The van der Waals surface area contributed by atoms with Crippen LogP contribution < -0.4 is 0 Å². The van der Waals surface area contributed by atoms with Gasteiger partial charge in [0.25, 0.3) is 0 Å². The molecule has 7 heteroatoms. The predicted molar refractivity (Wildman–Crippen MR) is 73.2 cm³/mol. The van der Waals surface area contributed by atoms with E-state index in [1.54, 1.807) is 6.20 Å². The number of carbonyl (C=O) groups is 1. The van der Waals surface area contributed by atoms with Gasteiger partial charge in [-0.2, -0.15) is 4.98 Å². The number of hydrogen-bond donors (Lipinski definition) is 1. The van der Waals surface area contributed by atoms with Crippen molar-refractivity contribution in [3.8, 4) is 11.5 Å². The van der Waals surface area contributed by atoms with Crippen LogP contribution in [-0.4, -0.2) is 44.2 Å². The Morgan fingerprint density at radius 3 is 3.14 bits per heavy atom.